The van der Waals surface area contributed by atoms with Gasteiger partial charge in [-0.25, -0.2) is 9.97 Å². The average molecular weight is 329 g/mol. The Morgan fingerprint density at radius 2 is 1.96 bits per heavy atom. The molecule has 1 fully saturated rings. The van der Waals surface area contributed by atoms with Crippen LogP contribution in [0.1, 0.15) is 36.8 Å². The zero-order valence-corrected chi connectivity index (χ0v) is 13.9. The van der Waals surface area contributed by atoms with Gasteiger partial charge in [-0.2, -0.15) is 0 Å². The van der Waals surface area contributed by atoms with E-state index >= 15 is 0 Å². The number of anilines is 2. The van der Waals surface area contributed by atoms with E-state index in [9.17, 15) is 0 Å². The molecule has 0 amide bonds. The molecule has 0 unspecified atom stereocenters. The molecule has 1 aromatic carbocycles. The number of hydrogen-bond donors (Lipinski definition) is 1. The highest BCUT2D eigenvalue weighted by Crippen LogP contribution is 2.27. The van der Waals surface area contributed by atoms with Gasteiger partial charge in [0.25, 0.3) is 0 Å². The van der Waals surface area contributed by atoms with Gasteiger partial charge in [0.05, 0.1) is 0 Å². The summed E-state index contributed by atoms with van der Waals surface area (Å²) < 4.78 is 0. The first-order valence-corrected chi connectivity index (χ1v) is 8.76. The number of aromatic nitrogens is 2. The van der Waals surface area contributed by atoms with Crippen molar-refractivity contribution in [3.05, 3.63) is 46.7 Å². The fourth-order valence-electron chi connectivity index (χ4n) is 3.60. The van der Waals surface area contributed by atoms with Crippen LogP contribution < -0.4 is 10.2 Å². The van der Waals surface area contributed by atoms with Gasteiger partial charge in [-0.3, -0.25) is 0 Å². The summed E-state index contributed by atoms with van der Waals surface area (Å²) >= 11 is 6.09. The zero-order chi connectivity index (χ0) is 15.6. The van der Waals surface area contributed by atoms with Gasteiger partial charge in [-0.15, -0.1) is 0 Å². The number of rotatable bonds is 3. The molecule has 2 aromatic rings. The highest BCUT2D eigenvalue weighted by Gasteiger charge is 2.19. The van der Waals surface area contributed by atoms with Crippen molar-refractivity contribution in [2.24, 2.45) is 0 Å². The topological polar surface area (TPSA) is 41.0 Å². The van der Waals surface area contributed by atoms with Crippen molar-refractivity contribution in [2.75, 3.05) is 16.8 Å². The standard InChI is InChI=1S/C18H21ClN4/c19-15-6-5-14-11-23(8-7-13(14)9-15)18-10-17(20-12-21-18)22-16-3-1-2-4-16/h5-6,9-10,12,16H,1-4,7-8,11H2,(H,20,21,22). The van der Waals surface area contributed by atoms with Crippen LogP contribution in [-0.2, 0) is 13.0 Å². The fourth-order valence-corrected chi connectivity index (χ4v) is 3.79. The van der Waals surface area contributed by atoms with E-state index in [1.807, 2.05) is 6.07 Å². The van der Waals surface area contributed by atoms with Gasteiger partial charge in [-0.05, 0) is 42.5 Å². The smallest absolute Gasteiger partial charge is 0.134 e. The molecule has 4 rings (SSSR count). The summed E-state index contributed by atoms with van der Waals surface area (Å²) in [6, 6.07) is 8.84. The normalized spacial score (nSPS) is 18.0. The molecule has 23 heavy (non-hydrogen) atoms. The molecule has 4 nitrogen and oxygen atoms in total. The fraction of sp³-hybridized carbons (Fsp3) is 0.444. The predicted octanol–water partition coefficient (Wildman–Crippen LogP) is 4.05. The number of hydrogen-bond acceptors (Lipinski definition) is 4. The van der Waals surface area contributed by atoms with Gasteiger partial charge < -0.3 is 10.2 Å². The zero-order valence-electron chi connectivity index (χ0n) is 13.1. The number of halogens is 1. The SMILES string of the molecule is Clc1ccc2c(c1)CCN(c1cc(NC3CCCC3)ncn1)C2. The van der Waals surface area contributed by atoms with Crippen LogP contribution in [0.2, 0.25) is 5.02 Å². The predicted molar refractivity (Wildman–Crippen MR) is 94.1 cm³/mol. The molecule has 1 aliphatic carbocycles. The molecule has 0 bridgehead atoms. The molecule has 5 heteroatoms. The summed E-state index contributed by atoms with van der Waals surface area (Å²) in [5.74, 6) is 1.95. The van der Waals surface area contributed by atoms with Gasteiger partial charge in [0.1, 0.15) is 18.0 Å². The van der Waals surface area contributed by atoms with Crippen LogP contribution in [-0.4, -0.2) is 22.6 Å². The molecule has 0 spiro atoms. The van der Waals surface area contributed by atoms with Crippen LogP contribution in [0.5, 0.6) is 0 Å². The Morgan fingerprint density at radius 3 is 2.83 bits per heavy atom. The summed E-state index contributed by atoms with van der Waals surface area (Å²) in [5.41, 5.74) is 2.69. The Hall–Kier alpha value is -1.81. The van der Waals surface area contributed by atoms with Crippen molar-refractivity contribution in [3.63, 3.8) is 0 Å². The maximum Gasteiger partial charge on any atom is 0.134 e. The quantitative estimate of drug-likeness (QED) is 0.923. The molecule has 2 heterocycles. The molecular formula is C18H21ClN4. The molecule has 0 atom stereocenters. The van der Waals surface area contributed by atoms with E-state index in [4.69, 9.17) is 11.6 Å². The van der Waals surface area contributed by atoms with Crippen molar-refractivity contribution < 1.29 is 0 Å². The number of benzene rings is 1. The van der Waals surface area contributed by atoms with Gasteiger partial charge >= 0.3 is 0 Å². The average Bonchev–Trinajstić information content (AvgIpc) is 3.07. The molecule has 0 radical (unpaired) electrons. The van der Waals surface area contributed by atoms with Crippen LogP contribution in [0.25, 0.3) is 0 Å². The molecule has 120 valence electrons. The van der Waals surface area contributed by atoms with Crippen molar-refractivity contribution >= 4 is 23.2 Å². The second-order valence-electron chi connectivity index (χ2n) is 6.47. The van der Waals surface area contributed by atoms with E-state index in [0.717, 1.165) is 36.2 Å². The van der Waals surface area contributed by atoms with E-state index in [0.29, 0.717) is 6.04 Å². The molecule has 1 N–H and O–H groups in total. The van der Waals surface area contributed by atoms with Crippen LogP contribution in [0.3, 0.4) is 0 Å². The lowest BCUT2D eigenvalue weighted by atomic mass is 10.00. The van der Waals surface area contributed by atoms with Gasteiger partial charge in [0.2, 0.25) is 0 Å². The second-order valence-corrected chi connectivity index (χ2v) is 6.91. The summed E-state index contributed by atoms with van der Waals surface area (Å²) in [7, 11) is 0. The van der Waals surface area contributed by atoms with Crippen molar-refractivity contribution in [1.82, 2.24) is 9.97 Å². The number of nitrogens with one attached hydrogen (secondary N) is 1. The van der Waals surface area contributed by atoms with Crippen LogP contribution in [0, 0.1) is 0 Å². The van der Waals surface area contributed by atoms with E-state index < -0.39 is 0 Å². The van der Waals surface area contributed by atoms with Gasteiger partial charge in [0, 0.05) is 30.2 Å². The third-order valence-corrected chi connectivity index (χ3v) is 5.10. The Labute approximate surface area is 141 Å². The third-order valence-electron chi connectivity index (χ3n) is 4.86. The van der Waals surface area contributed by atoms with Crippen LogP contribution >= 0.6 is 11.6 Å². The lowest BCUT2D eigenvalue weighted by molar-refractivity contribution is 0.717. The minimum atomic E-state index is 0.571. The maximum absolute atomic E-state index is 6.09. The minimum Gasteiger partial charge on any atom is -0.367 e. The van der Waals surface area contributed by atoms with Crippen LogP contribution in [0.4, 0.5) is 11.6 Å². The minimum absolute atomic E-state index is 0.571. The Bertz CT molecular complexity index is 697. The Morgan fingerprint density at radius 1 is 1.09 bits per heavy atom. The van der Waals surface area contributed by atoms with Crippen LogP contribution in [0.15, 0.2) is 30.6 Å². The number of nitrogens with zero attached hydrogens (tertiary/aromatic N) is 3. The lowest BCUT2D eigenvalue weighted by Crippen LogP contribution is -2.31. The Balaban J connectivity index is 1.51. The Kier molecular flexibility index (Phi) is 4.08. The van der Waals surface area contributed by atoms with Gasteiger partial charge in [0.15, 0.2) is 0 Å². The second kappa shape index (κ2) is 6.36. The molecule has 1 saturated carbocycles. The van der Waals surface area contributed by atoms with Gasteiger partial charge in [-0.1, -0.05) is 30.5 Å². The monoisotopic (exact) mass is 328 g/mol. The highest BCUT2D eigenvalue weighted by atomic mass is 35.5. The summed E-state index contributed by atoms with van der Waals surface area (Å²) in [6.45, 7) is 1.85. The largest absolute Gasteiger partial charge is 0.367 e. The first-order valence-electron chi connectivity index (χ1n) is 8.39. The van der Waals surface area contributed by atoms with E-state index in [2.05, 4.69) is 38.4 Å². The number of fused-ring (bicyclic) bond motifs is 1. The van der Waals surface area contributed by atoms with E-state index in [-0.39, 0.29) is 0 Å². The van der Waals surface area contributed by atoms with E-state index in [1.54, 1.807) is 6.33 Å². The summed E-state index contributed by atoms with van der Waals surface area (Å²) in [4.78, 5) is 11.2. The lowest BCUT2D eigenvalue weighted by Gasteiger charge is -2.30. The summed E-state index contributed by atoms with van der Waals surface area (Å²) in [5, 5.41) is 4.37. The first kappa shape index (κ1) is 14.8. The summed E-state index contributed by atoms with van der Waals surface area (Å²) in [6.07, 6.45) is 7.81. The highest BCUT2D eigenvalue weighted by molar-refractivity contribution is 6.30. The first-order chi connectivity index (χ1) is 11.3. The molecule has 0 saturated heterocycles. The van der Waals surface area contributed by atoms with Crippen molar-refractivity contribution in [2.45, 2.75) is 44.7 Å². The maximum atomic E-state index is 6.09. The molecule has 2 aliphatic rings. The van der Waals surface area contributed by atoms with Crippen molar-refractivity contribution in [1.29, 1.82) is 0 Å². The molecule has 1 aliphatic heterocycles. The molecule has 1 aromatic heterocycles. The third kappa shape index (κ3) is 3.27. The van der Waals surface area contributed by atoms with E-state index in [1.165, 1.54) is 36.8 Å². The molecular weight excluding hydrogens is 308 g/mol. The van der Waals surface area contributed by atoms with Crippen molar-refractivity contribution in [3.8, 4) is 0 Å².